The van der Waals surface area contributed by atoms with Crippen molar-refractivity contribution in [1.82, 2.24) is 9.55 Å². The molecular formula is C39H38N4O4. The third-order valence-corrected chi connectivity index (χ3v) is 9.16. The molecule has 7 rings (SSSR count). The Morgan fingerprint density at radius 1 is 0.894 bits per heavy atom. The van der Waals surface area contributed by atoms with Crippen LogP contribution in [0.1, 0.15) is 64.4 Å². The molecule has 3 heterocycles. The van der Waals surface area contributed by atoms with Crippen molar-refractivity contribution in [1.29, 1.82) is 5.26 Å². The lowest BCUT2D eigenvalue weighted by Gasteiger charge is -2.24. The summed E-state index contributed by atoms with van der Waals surface area (Å²) in [5, 5.41) is 22.8. The highest BCUT2D eigenvalue weighted by molar-refractivity contribution is 6.34. The van der Waals surface area contributed by atoms with Gasteiger partial charge in [0.1, 0.15) is 11.1 Å². The first-order chi connectivity index (χ1) is 23.0. The molecule has 8 nitrogen and oxygen atoms in total. The van der Waals surface area contributed by atoms with E-state index in [0.717, 1.165) is 88.2 Å². The van der Waals surface area contributed by atoms with Crippen LogP contribution in [0.3, 0.4) is 0 Å². The van der Waals surface area contributed by atoms with Crippen LogP contribution >= 0.6 is 0 Å². The number of aliphatic carboxylic acids is 1. The number of rotatable bonds is 13. The number of nitriles is 1. The topological polar surface area (TPSA) is 108 Å². The summed E-state index contributed by atoms with van der Waals surface area (Å²) in [6.45, 7) is 7.09. The number of fused-ring (bicyclic) bond motifs is 10. The molecule has 0 aliphatic carbocycles. The molecule has 8 heteroatoms. The predicted molar refractivity (Wildman–Crippen MR) is 188 cm³/mol. The molecule has 238 valence electrons. The number of para-hydroxylation sites is 1. The molecule has 0 atom stereocenters. The molecule has 0 unspecified atom stereocenters. The van der Waals surface area contributed by atoms with Crippen LogP contribution in [0.15, 0.2) is 75.6 Å². The number of hydrogen-bond donors (Lipinski definition) is 1. The van der Waals surface area contributed by atoms with Crippen molar-refractivity contribution in [2.45, 2.75) is 65.3 Å². The van der Waals surface area contributed by atoms with Crippen molar-refractivity contribution in [2.24, 2.45) is 0 Å². The second-order valence-corrected chi connectivity index (χ2v) is 12.3. The zero-order chi connectivity index (χ0) is 32.5. The van der Waals surface area contributed by atoms with Gasteiger partial charge in [0.15, 0.2) is 5.58 Å². The molecule has 0 radical (unpaired) electrons. The van der Waals surface area contributed by atoms with E-state index in [2.05, 4.69) is 65.8 Å². The van der Waals surface area contributed by atoms with E-state index in [-0.39, 0.29) is 6.42 Å². The highest BCUT2D eigenvalue weighted by Crippen LogP contribution is 2.46. The van der Waals surface area contributed by atoms with Gasteiger partial charge in [-0.25, -0.2) is 4.98 Å². The molecule has 4 aromatic carbocycles. The molecule has 0 spiro atoms. The van der Waals surface area contributed by atoms with Crippen LogP contribution in [0, 0.1) is 11.3 Å². The maximum Gasteiger partial charge on any atom is 0.303 e. The van der Waals surface area contributed by atoms with Gasteiger partial charge in [-0.3, -0.25) is 4.79 Å². The summed E-state index contributed by atoms with van der Waals surface area (Å²) in [5.41, 5.74) is 7.25. The fraction of sp³-hybridized carbons (Fsp3) is 0.308. The minimum Gasteiger partial charge on any atom is -0.481 e. The largest absolute Gasteiger partial charge is 0.481 e. The van der Waals surface area contributed by atoms with Crippen LogP contribution in [0.25, 0.3) is 66.3 Å². The van der Waals surface area contributed by atoms with Crippen LogP contribution in [0.5, 0.6) is 0 Å². The smallest absolute Gasteiger partial charge is 0.303 e. The van der Waals surface area contributed by atoms with Gasteiger partial charge < -0.3 is 23.4 Å². The van der Waals surface area contributed by atoms with Crippen molar-refractivity contribution >= 4 is 66.5 Å². The molecule has 0 saturated carbocycles. The van der Waals surface area contributed by atoms with E-state index in [4.69, 9.17) is 13.8 Å². The number of carboxylic acid groups (broad SMARTS) is 1. The summed E-state index contributed by atoms with van der Waals surface area (Å²) < 4.78 is 15.6. The number of oxazole rings is 1. The minimum atomic E-state index is -0.785. The van der Waals surface area contributed by atoms with E-state index >= 15 is 0 Å². The van der Waals surface area contributed by atoms with Crippen molar-refractivity contribution in [3.05, 3.63) is 72.3 Å². The third-order valence-electron chi connectivity index (χ3n) is 9.16. The standard InChI is InChI=1S/C39H38N4O4/c1-3-5-20-42(21-6-4-2)27-18-19-29-31(23-27)46-37-34(29)33-28-11-7-8-12-30(28)43(22-10-9-13-32(44)45)36(33)35-38(37)47-39(41-35)26-16-14-25(24-40)15-17-26/h7-8,11-12,14-19,23H,3-6,9-10,13,20-22H2,1-2H3,(H,44,45). The normalized spacial score (nSPS) is 11.8. The number of carboxylic acids is 1. The summed E-state index contributed by atoms with van der Waals surface area (Å²) in [6.07, 6.45) is 5.95. The molecule has 7 aromatic rings. The molecule has 0 aliphatic rings. The quantitative estimate of drug-likeness (QED) is 0.127. The van der Waals surface area contributed by atoms with E-state index < -0.39 is 5.97 Å². The number of furan rings is 1. The van der Waals surface area contributed by atoms with Gasteiger partial charge in [-0.1, -0.05) is 44.9 Å². The second kappa shape index (κ2) is 12.8. The molecule has 0 fully saturated rings. The Labute approximate surface area is 272 Å². The number of aryl methyl sites for hydroxylation is 1. The first-order valence-corrected chi connectivity index (χ1v) is 16.7. The van der Waals surface area contributed by atoms with E-state index in [1.807, 2.05) is 18.2 Å². The average molecular weight is 627 g/mol. The first kappa shape index (κ1) is 30.4. The average Bonchev–Trinajstić information content (AvgIpc) is 3.79. The fourth-order valence-electron chi connectivity index (χ4n) is 6.78. The van der Waals surface area contributed by atoms with E-state index in [1.165, 1.54) is 0 Å². The Bertz CT molecular complexity index is 2280. The van der Waals surface area contributed by atoms with Gasteiger partial charge in [-0.15, -0.1) is 0 Å². The number of anilines is 1. The van der Waals surface area contributed by atoms with Gasteiger partial charge in [-0.2, -0.15) is 5.26 Å². The molecule has 0 aliphatic heterocycles. The lowest BCUT2D eigenvalue weighted by atomic mass is 10.0. The highest BCUT2D eigenvalue weighted by atomic mass is 16.4. The molecular weight excluding hydrogens is 588 g/mol. The molecule has 0 amide bonds. The van der Waals surface area contributed by atoms with Gasteiger partial charge in [0, 0.05) is 70.4 Å². The summed E-state index contributed by atoms with van der Waals surface area (Å²) in [4.78, 5) is 18.8. The third kappa shape index (κ3) is 5.46. The number of hydrogen-bond acceptors (Lipinski definition) is 6. The van der Waals surface area contributed by atoms with Crippen LogP contribution in [0.4, 0.5) is 5.69 Å². The van der Waals surface area contributed by atoms with Crippen LogP contribution in [-0.4, -0.2) is 33.7 Å². The van der Waals surface area contributed by atoms with Crippen molar-refractivity contribution in [3.63, 3.8) is 0 Å². The van der Waals surface area contributed by atoms with E-state index in [1.54, 1.807) is 12.1 Å². The zero-order valence-electron chi connectivity index (χ0n) is 26.9. The number of benzene rings is 4. The predicted octanol–water partition coefficient (Wildman–Crippen LogP) is 10.0. The van der Waals surface area contributed by atoms with Crippen LogP contribution in [-0.2, 0) is 11.3 Å². The molecule has 3 aromatic heterocycles. The van der Waals surface area contributed by atoms with Gasteiger partial charge in [0.2, 0.25) is 11.5 Å². The van der Waals surface area contributed by atoms with Crippen LogP contribution < -0.4 is 4.90 Å². The van der Waals surface area contributed by atoms with Gasteiger partial charge in [-0.05, 0) is 68.1 Å². The maximum absolute atomic E-state index is 11.3. The zero-order valence-corrected chi connectivity index (χ0v) is 26.9. The summed E-state index contributed by atoms with van der Waals surface area (Å²) in [6, 6.07) is 24.3. The number of carbonyl (C=O) groups is 1. The van der Waals surface area contributed by atoms with Crippen molar-refractivity contribution in [3.8, 4) is 17.5 Å². The van der Waals surface area contributed by atoms with E-state index in [9.17, 15) is 15.2 Å². The monoisotopic (exact) mass is 626 g/mol. The minimum absolute atomic E-state index is 0.131. The second-order valence-electron chi connectivity index (χ2n) is 12.3. The summed E-state index contributed by atoms with van der Waals surface area (Å²) in [7, 11) is 0. The Balaban J connectivity index is 1.51. The molecule has 0 saturated heterocycles. The lowest BCUT2D eigenvalue weighted by Crippen LogP contribution is -2.25. The van der Waals surface area contributed by atoms with Crippen molar-refractivity contribution in [2.75, 3.05) is 18.0 Å². The van der Waals surface area contributed by atoms with Gasteiger partial charge in [0.25, 0.3) is 0 Å². The summed E-state index contributed by atoms with van der Waals surface area (Å²) in [5.74, 6) is -0.334. The number of nitrogens with zero attached hydrogens (tertiary/aromatic N) is 4. The van der Waals surface area contributed by atoms with E-state index in [0.29, 0.717) is 47.5 Å². The molecule has 0 bridgehead atoms. The van der Waals surface area contributed by atoms with Crippen molar-refractivity contribution < 1.29 is 18.7 Å². The van der Waals surface area contributed by atoms with Crippen LogP contribution in [0.2, 0.25) is 0 Å². The molecule has 47 heavy (non-hydrogen) atoms. The first-order valence-electron chi connectivity index (χ1n) is 16.7. The molecule has 1 N–H and O–H groups in total. The highest BCUT2D eigenvalue weighted by Gasteiger charge is 2.26. The number of aromatic nitrogens is 2. The Kier molecular flexibility index (Phi) is 8.30. The SMILES string of the molecule is CCCCN(CCCC)c1ccc2c(c1)oc1c3oc(-c4ccc(C#N)cc4)nc3c3c(c4ccccc4n3CCCCC(=O)O)c21. The van der Waals surface area contributed by atoms with Gasteiger partial charge in [0.05, 0.1) is 17.1 Å². The maximum atomic E-state index is 11.3. The number of unbranched alkanes of at least 4 members (excludes halogenated alkanes) is 3. The lowest BCUT2D eigenvalue weighted by molar-refractivity contribution is -0.137. The Hall–Kier alpha value is -5.29. The summed E-state index contributed by atoms with van der Waals surface area (Å²) >= 11 is 0. The van der Waals surface area contributed by atoms with Gasteiger partial charge >= 0.3 is 5.97 Å². The Morgan fingerprint density at radius 3 is 2.38 bits per heavy atom. The fourth-order valence-corrected chi connectivity index (χ4v) is 6.78. The Morgan fingerprint density at radius 2 is 1.66 bits per heavy atom.